The Labute approximate surface area is 465 Å². The molecule has 6 atom stereocenters. The van der Waals surface area contributed by atoms with E-state index in [9.17, 15) is 34.5 Å². The molecule has 0 aliphatic carbocycles. The first kappa shape index (κ1) is 70.1. The predicted molar refractivity (Wildman–Crippen MR) is 312 cm³/mol. The number of rotatable bonds is 48. The lowest BCUT2D eigenvalue weighted by molar-refractivity contribution is -0.301. The molecular weight excluding hydrogens is 973 g/mol. The first-order valence-electron chi connectivity index (χ1n) is 29.5. The lowest BCUT2D eigenvalue weighted by Crippen LogP contribution is -2.61. The number of ether oxygens (including phenoxy) is 5. The summed E-state index contributed by atoms with van der Waals surface area (Å²) in [5.41, 5.74) is 0. The minimum atomic E-state index is -1.92. The maximum atomic E-state index is 13.1. The van der Waals surface area contributed by atoms with E-state index in [1.807, 2.05) is 12.2 Å². The number of hydrogen-bond donors (Lipinski definition) is 3. The van der Waals surface area contributed by atoms with Crippen molar-refractivity contribution in [3.8, 4) is 0 Å². The number of carboxylic acid groups (broad SMARTS) is 1. The van der Waals surface area contributed by atoms with E-state index in [0.29, 0.717) is 19.3 Å². The third kappa shape index (κ3) is 41.8. The molecule has 0 bridgehead atoms. The molecule has 0 amide bonds. The van der Waals surface area contributed by atoms with E-state index >= 15 is 0 Å². The molecule has 6 unspecified atom stereocenters. The number of hydrogen-bond acceptors (Lipinski definition) is 11. The molecule has 434 valence electrons. The average molecular weight is 1080 g/mol. The lowest BCUT2D eigenvalue weighted by Gasteiger charge is -2.40. The van der Waals surface area contributed by atoms with Crippen LogP contribution in [0.5, 0.6) is 0 Å². The van der Waals surface area contributed by atoms with E-state index in [4.69, 9.17) is 23.7 Å². The summed E-state index contributed by atoms with van der Waals surface area (Å²) in [4.78, 5) is 51.1. The van der Waals surface area contributed by atoms with Gasteiger partial charge in [-0.1, -0.05) is 200 Å². The Balaban J connectivity index is 2.76. The molecule has 12 nitrogen and oxygen atoms in total. The Morgan fingerprint density at radius 3 is 1.31 bits per heavy atom. The second-order valence-electron chi connectivity index (χ2n) is 19.5. The topological polar surface area (TPSA) is 175 Å². The predicted octanol–water partition coefficient (Wildman–Crippen LogP) is 15.2. The van der Waals surface area contributed by atoms with Crippen molar-refractivity contribution >= 4 is 23.9 Å². The number of carboxylic acids is 1. The van der Waals surface area contributed by atoms with Gasteiger partial charge in [0, 0.05) is 19.3 Å². The van der Waals surface area contributed by atoms with Gasteiger partial charge in [0.05, 0.1) is 6.61 Å². The van der Waals surface area contributed by atoms with Crippen LogP contribution in [0.3, 0.4) is 0 Å². The molecule has 3 N–H and O–H groups in total. The number of unbranched alkanes of at least 4 members (excludes halogenated alkanes) is 14. The van der Waals surface area contributed by atoms with E-state index in [-0.39, 0.29) is 25.9 Å². The van der Waals surface area contributed by atoms with Gasteiger partial charge in [0.1, 0.15) is 18.8 Å². The maximum Gasteiger partial charge on any atom is 0.335 e. The highest BCUT2D eigenvalue weighted by atomic mass is 16.7. The Morgan fingerprint density at radius 1 is 0.442 bits per heavy atom. The summed E-state index contributed by atoms with van der Waals surface area (Å²) in [5.74, 6) is -3.28. The van der Waals surface area contributed by atoms with E-state index < -0.39 is 67.3 Å². The van der Waals surface area contributed by atoms with Crippen molar-refractivity contribution in [2.45, 2.75) is 250 Å². The largest absolute Gasteiger partial charge is 0.479 e. The summed E-state index contributed by atoms with van der Waals surface area (Å²) >= 11 is 0. The molecule has 77 heavy (non-hydrogen) atoms. The zero-order chi connectivity index (χ0) is 56.1. The third-order valence-corrected chi connectivity index (χ3v) is 12.5. The SMILES string of the molecule is CC/C=C\C/C=C\C/C=C\C/C=C\C/C=C\C/C=C\CCC(=O)OCC(COC1OC(C(=O)O)C(O)C(O)C1OC(=O)CCCCCCC/C=C\CCCCCC)OC(=O)CCCCCCC/C=C\C/C=C\C/C=C\CC. The summed E-state index contributed by atoms with van der Waals surface area (Å²) < 4.78 is 28.3. The van der Waals surface area contributed by atoms with Crippen LogP contribution in [0.25, 0.3) is 0 Å². The fourth-order valence-electron chi connectivity index (χ4n) is 8.05. The van der Waals surface area contributed by atoms with Gasteiger partial charge in [0.15, 0.2) is 24.6 Å². The van der Waals surface area contributed by atoms with Crippen LogP contribution >= 0.6 is 0 Å². The van der Waals surface area contributed by atoms with Crippen LogP contribution in [0.1, 0.15) is 213 Å². The van der Waals surface area contributed by atoms with Crippen LogP contribution in [-0.2, 0) is 42.9 Å². The maximum absolute atomic E-state index is 13.1. The molecular formula is C65H102O12. The molecule has 1 heterocycles. The molecule has 1 rings (SSSR count). The molecule has 0 aromatic heterocycles. The van der Waals surface area contributed by atoms with Gasteiger partial charge in [-0.25, -0.2) is 4.79 Å². The Kier molecular flexibility index (Phi) is 47.2. The van der Waals surface area contributed by atoms with E-state index in [0.717, 1.165) is 128 Å². The van der Waals surface area contributed by atoms with Gasteiger partial charge < -0.3 is 39.0 Å². The van der Waals surface area contributed by atoms with E-state index in [1.54, 1.807) is 0 Å². The quantitative estimate of drug-likeness (QED) is 0.0228. The molecule has 1 aliphatic rings. The van der Waals surface area contributed by atoms with Crippen LogP contribution in [0.4, 0.5) is 0 Å². The van der Waals surface area contributed by atoms with Crippen molar-refractivity contribution in [1.29, 1.82) is 0 Å². The van der Waals surface area contributed by atoms with Crippen molar-refractivity contribution in [3.05, 3.63) is 122 Å². The second-order valence-corrected chi connectivity index (χ2v) is 19.5. The fourth-order valence-corrected chi connectivity index (χ4v) is 8.05. The molecule has 0 saturated carbocycles. The number of aliphatic hydroxyl groups is 2. The zero-order valence-corrected chi connectivity index (χ0v) is 47.7. The van der Waals surface area contributed by atoms with Crippen LogP contribution in [0.2, 0.25) is 0 Å². The van der Waals surface area contributed by atoms with Crippen LogP contribution < -0.4 is 0 Å². The minimum absolute atomic E-state index is 0.0350. The minimum Gasteiger partial charge on any atom is -0.479 e. The monoisotopic (exact) mass is 1070 g/mol. The summed E-state index contributed by atoms with van der Waals surface area (Å²) in [6, 6.07) is 0. The molecule has 0 spiro atoms. The fraction of sp³-hybridized carbons (Fsp3) is 0.631. The number of carbonyl (C=O) groups excluding carboxylic acids is 3. The highest BCUT2D eigenvalue weighted by Crippen LogP contribution is 2.26. The second kappa shape index (κ2) is 51.9. The number of allylic oxidation sites excluding steroid dienone is 20. The van der Waals surface area contributed by atoms with Gasteiger partial charge in [-0.2, -0.15) is 0 Å². The van der Waals surface area contributed by atoms with Gasteiger partial charge in [-0.3, -0.25) is 14.4 Å². The first-order valence-corrected chi connectivity index (χ1v) is 29.5. The Bertz CT molecular complexity index is 1800. The number of aliphatic hydroxyl groups excluding tert-OH is 2. The summed E-state index contributed by atoms with van der Waals surface area (Å²) in [6.45, 7) is 5.65. The molecule has 1 fully saturated rings. The lowest BCUT2D eigenvalue weighted by atomic mass is 9.98. The summed E-state index contributed by atoms with van der Waals surface area (Å²) in [6.07, 6.45) is 58.9. The molecule has 1 saturated heterocycles. The van der Waals surface area contributed by atoms with Crippen molar-refractivity contribution in [2.24, 2.45) is 0 Å². The third-order valence-electron chi connectivity index (χ3n) is 12.5. The van der Waals surface area contributed by atoms with Gasteiger partial charge >= 0.3 is 23.9 Å². The van der Waals surface area contributed by atoms with Crippen LogP contribution in [0, 0.1) is 0 Å². The van der Waals surface area contributed by atoms with Crippen LogP contribution in [0.15, 0.2) is 122 Å². The highest BCUT2D eigenvalue weighted by molar-refractivity contribution is 5.74. The normalized spacial score (nSPS) is 18.9. The molecule has 0 radical (unpaired) electrons. The van der Waals surface area contributed by atoms with Gasteiger partial charge in [-0.05, 0) is 116 Å². The van der Waals surface area contributed by atoms with Crippen molar-refractivity contribution in [1.82, 2.24) is 0 Å². The van der Waals surface area contributed by atoms with Gasteiger partial charge in [-0.15, -0.1) is 0 Å². The molecule has 1 aliphatic heterocycles. The summed E-state index contributed by atoms with van der Waals surface area (Å²) in [7, 11) is 0. The molecule has 0 aromatic carbocycles. The molecule has 0 aromatic rings. The smallest absolute Gasteiger partial charge is 0.335 e. The standard InChI is InChI=1S/C65H102O12/c1-4-7-10-13-16-19-22-25-27-28-29-30-32-34-36-39-42-45-48-51-57(66)73-54-56(75-58(67)52-49-46-43-40-38-35-31-26-23-20-17-14-11-8-5-2)55-74-65-63(61(70)60(69)62(77-65)64(71)72)76-59(68)53-50-47-44-41-37-33-24-21-18-15-12-9-6-3/h7-8,10-11,16-17,19-21,24-27,29-31,34,36,42,45,56,60-63,65,69-70H,4-6,9,12-15,18,22-23,28,32-33,35,37-41,43-44,46-55H2,1-3H3,(H,71,72)/b10-7-,11-8-,19-16-,20-17-,24-21-,27-25-,30-29-,31-26-,36-34-,45-42-. The first-order chi connectivity index (χ1) is 37.6. The van der Waals surface area contributed by atoms with Crippen molar-refractivity contribution < 1.29 is 58.2 Å². The average Bonchev–Trinajstić information content (AvgIpc) is 3.42. The van der Waals surface area contributed by atoms with Gasteiger partial charge in [0.25, 0.3) is 0 Å². The van der Waals surface area contributed by atoms with Crippen molar-refractivity contribution in [2.75, 3.05) is 13.2 Å². The number of esters is 3. The summed E-state index contributed by atoms with van der Waals surface area (Å²) in [5, 5.41) is 31.5. The Hall–Kier alpha value is -4.88. The van der Waals surface area contributed by atoms with E-state index in [1.165, 1.54) is 25.7 Å². The van der Waals surface area contributed by atoms with Crippen LogP contribution in [-0.4, -0.2) is 89.2 Å². The zero-order valence-electron chi connectivity index (χ0n) is 47.7. The highest BCUT2D eigenvalue weighted by Gasteiger charge is 2.50. The van der Waals surface area contributed by atoms with Crippen molar-refractivity contribution in [3.63, 3.8) is 0 Å². The van der Waals surface area contributed by atoms with E-state index in [2.05, 4.69) is 130 Å². The molecule has 12 heteroatoms. The van der Waals surface area contributed by atoms with Gasteiger partial charge in [0.2, 0.25) is 0 Å². The number of carbonyl (C=O) groups is 4. The number of aliphatic carboxylic acids is 1. The Morgan fingerprint density at radius 2 is 0.844 bits per heavy atom.